The molecule has 3 N–H and O–H groups in total. The van der Waals surface area contributed by atoms with Crippen LogP contribution in [0.1, 0.15) is 54.3 Å². The molecule has 16 heteroatoms. The predicted octanol–water partition coefficient (Wildman–Crippen LogP) is 4.80. The maximum Gasteiger partial charge on any atom is 0.389 e. The van der Waals surface area contributed by atoms with Crippen LogP contribution in [0.3, 0.4) is 0 Å². The Balaban J connectivity index is 0.000000192. The van der Waals surface area contributed by atoms with Crippen LogP contribution < -0.4 is 11.1 Å². The van der Waals surface area contributed by atoms with Crippen molar-refractivity contribution in [1.82, 2.24) is 29.4 Å². The summed E-state index contributed by atoms with van der Waals surface area (Å²) in [4.78, 5) is 74.1. The van der Waals surface area contributed by atoms with Crippen molar-refractivity contribution in [2.75, 3.05) is 89.6 Å². The highest BCUT2D eigenvalue weighted by Crippen LogP contribution is 2.24. The Morgan fingerprint density at radius 1 is 0.500 bits per heavy atom. The second-order valence-electron chi connectivity index (χ2n) is 16.0. The first-order chi connectivity index (χ1) is 29.8. The Hall–Kier alpha value is -6.26. The third-order valence-corrected chi connectivity index (χ3v) is 11.8. The molecule has 0 bridgehead atoms. The Labute approximate surface area is 358 Å². The van der Waals surface area contributed by atoms with Crippen molar-refractivity contribution in [2.45, 2.75) is 31.1 Å². The van der Waals surface area contributed by atoms with Crippen LogP contribution in [0.25, 0.3) is 0 Å². The van der Waals surface area contributed by atoms with Crippen molar-refractivity contribution in [3.05, 3.63) is 131 Å². The van der Waals surface area contributed by atoms with Gasteiger partial charge in [-0.2, -0.15) is 13.2 Å². The molecule has 62 heavy (non-hydrogen) atoms. The topological polar surface area (TPSA) is 143 Å². The fourth-order valence-electron chi connectivity index (χ4n) is 7.98. The number of hydrogen-bond acceptors (Lipinski definition) is 8. The van der Waals surface area contributed by atoms with Crippen molar-refractivity contribution in [1.29, 1.82) is 0 Å². The number of likely N-dealkylation sites (tertiary alicyclic amines) is 2. The van der Waals surface area contributed by atoms with Crippen LogP contribution in [0.4, 0.5) is 24.5 Å². The first kappa shape index (κ1) is 43.8. The molecule has 0 radical (unpaired) electrons. The largest absolute Gasteiger partial charge is 0.399 e. The zero-order chi connectivity index (χ0) is 43.8. The number of anilines is 2. The Bertz CT molecular complexity index is 2170. The van der Waals surface area contributed by atoms with Crippen LogP contribution >= 0.6 is 0 Å². The molecule has 4 aromatic rings. The lowest BCUT2D eigenvalue weighted by Gasteiger charge is -2.48. The smallest absolute Gasteiger partial charge is 0.389 e. The minimum absolute atomic E-state index is 0.0376. The Morgan fingerprint density at radius 3 is 1.24 bits per heavy atom. The third-order valence-electron chi connectivity index (χ3n) is 11.8. The van der Waals surface area contributed by atoms with Crippen molar-refractivity contribution in [3.63, 3.8) is 0 Å². The van der Waals surface area contributed by atoms with Crippen molar-refractivity contribution < 1.29 is 37.1 Å². The van der Waals surface area contributed by atoms with Crippen LogP contribution in [0.5, 0.6) is 0 Å². The molecule has 4 aliphatic rings. The fraction of sp³-hybridized carbons (Fsp3) is 0.370. The summed E-state index contributed by atoms with van der Waals surface area (Å²) < 4.78 is 36.7. The molecule has 13 nitrogen and oxygen atoms in total. The first-order valence-corrected chi connectivity index (χ1v) is 20.9. The zero-order valence-electron chi connectivity index (χ0n) is 34.4. The van der Waals surface area contributed by atoms with E-state index in [-0.39, 0.29) is 29.7 Å². The number of rotatable bonds is 9. The van der Waals surface area contributed by atoms with Gasteiger partial charge in [0.1, 0.15) is 0 Å². The van der Waals surface area contributed by atoms with Gasteiger partial charge in [0.2, 0.25) is 5.91 Å². The van der Waals surface area contributed by atoms with E-state index in [1.807, 2.05) is 75.4 Å². The van der Waals surface area contributed by atoms with Gasteiger partial charge in [-0.25, -0.2) is 0 Å². The maximum absolute atomic E-state index is 12.7. The maximum atomic E-state index is 12.7. The molecular weight excluding hydrogens is 802 g/mol. The minimum Gasteiger partial charge on any atom is -0.399 e. The van der Waals surface area contributed by atoms with Crippen molar-refractivity contribution in [2.24, 2.45) is 0 Å². The number of alkyl halides is 3. The van der Waals surface area contributed by atoms with Gasteiger partial charge >= 0.3 is 6.18 Å². The van der Waals surface area contributed by atoms with Crippen LogP contribution in [0.15, 0.2) is 109 Å². The summed E-state index contributed by atoms with van der Waals surface area (Å²) in [7, 11) is 0. The molecule has 326 valence electrons. The molecule has 8 rings (SSSR count). The number of nitrogens with two attached hydrogens (primary N) is 1. The normalized spacial score (nSPS) is 17.6. The van der Waals surface area contributed by atoms with Crippen LogP contribution in [-0.4, -0.2) is 156 Å². The summed E-state index contributed by atoms with van der Waals surface area (Å²) >= 11 is 0. The number of carbonyl (C=O) groups is 5. The molecule has 4 aromatic carbocycles. The Kier molecular flexibility index (Phi) is 13.9. The fourth-order valence-corrected chi connectivity index (χ4v) is 7.98. The molecule has 0 aromatic heterocycles. The SMILES string of the molecule is Nc1ccc(C(=O)N2CC(N3CCN(C(=O)c4ccccc4)CC3)C2)cc1.O=C(CCC(F)(F)F)Nc1ccc(C(=O)N2CC(N3CCN(C(=O)c4ccccc4)CC3)C2)cc1. The van der Waals surface area contributed by atoms with Crippen LogP contribution in [0, 0.1) is 0 Å². The molecule has 0 unspecified atom stereocenters. The van der Waals surface area contributed by atoms with Gasteiger partial charge in [0.05, 0.1) is 6.42 Å². The number of nitrogens with zero attached hydrogens (tertiary/aromatic N) is 6. The number of hydrogen-bond donors (Lipinski definition) is 2. The van der Waals surface area contributed by atoms with E-state index in [1.54, 1.807) is 41.3 Å². The minimum atomic E-state index is -4.38. The van der Waals surface area contributed by atoms with Gasteiger partial charge in [-0.15, -0.1) is 0 Å². The van der Waals surface area contributed by atoms with Gasteiger partial charge in [-0.1, -0.05) is 36.4 Å². The van der Waals surface area contributed by atoms with E-state index in [9.17, 15) is 37.1 Å². The highest BCUT2D eigenvalue weighted by Gasteiger charge is 2.38. The summed E-state index contributed by atoms with van der Waals surface area (Å²) in [6.45, 7) is 8.67. The number of nitrogens with one attached hydrogen (secondary N) is 1. The second-order valence-corrected chi connectivity index (χ2v) is 16.0. The molecule has 4 fully saturated rings. The van der Waals surface area contributed by atoms with Gasteiger partial charge in [0, 0.05) is 131 Å². The van der Waals surface area contributed by atoms with E-state index in [0.717, 1.165) is 57.9 Å². The number of nitrogen functional groups attached to an aromatic ring is 1. The quantitative estimate of drug-likeness (QED) is 0.229. The summed E-state index contributed by atoms with van der Waals surface area (Å²) in [5, 5.41) is 2.41. The highest BCUT2D eigenvalue weighted by atomic mass is 19.4. The standard InChI is InChI=1S/C25H27F3N4O3.C21H24N4O2/c26-25(27,28)11-10-22(33)29-20-8-6-19(7-9-20)24(35)32-16-21(17-32)30-12-14-31(15-13-30)23(34)18-4-2-1-3-5-18;22-18-8-6-17(7-9-18)21(27)25-14-19(15-25)23-10-12-24(13-11-23)20(26)16-4-2-1-3-5-16/h1-9,21H,10-17H2,(H,29,33);1-9,19H,10-15,22H2. The first-order valence-electron chi connectivity index (χ1n) is 20.9. The van der Waals surface area contributed by atoms with E-state index in [1.165, 1.54) is 12.1 Å². The number of carbonyl (C=O) groups excluding carboxylic acids is 5. The molecule has 5 amide bonds. The molecule has 0 saturated carbocycles. The summed E-state index contributed by atoms with van der Waals surface area (Å²) in [6, 6.07) is 32.5. The molecular formula is C46H51F3N8O5. The van der Waals surface area contributed by atoms with Crippen LogP contribution in [0.2, 0.25) is 0 Å². The predicted molar refractivity (Wildman–Crippen MR) is 228 cm³/mol. The number of halogens is 3. The average molecular weight is 853 g/mol. The number of piperazine rings is 2. The molecule has 4 heterocycles. The number of benzene rings is 4. The second kappa shape index (κ2) is 19.6. The number of amides is 5. The van der Waals surface area contributed by atoms with Crippen molar-refractivity contribution in [3.8, 4) is 0 Å². The Morgan fingerprint density at radius 2 is 0.855 bits per heavy atom. The summed E-state index contributed by atoms with van der Waals surface area (Å²) in [5.74, 6) is -0.657. The lowest BCUT2D eigenvalue weighted by Crippen LogP contribution is -2.64. The van der Waals surface area contributed by atoms with E-state index in [2.05, 4.69) is 15.1 Å². The monoisotopic (exact) mass is 852 g/mol. The van der Waals surface area contributed by atoms with Gasteiger partial charge in [0.25, 0.3) is 23.6 Å². The van der Waals surface area contributed by atoms with E-state index < -0.39 is 24.9 Å². The lowest BCUT2D eigenvalue weighted by atomic mass is 10.0. The average Bonchev–Trinajstić information content (AvgIpc) is 3.25. The molecule has 4 saturated heterocycles. The van der Waals surface area contributed by atoms with E-state index >= 15 is 0 Å². The zero-order valence-corrected chi connectivity index (χ0v) is 34.4. The summed E-state index contributed by atoms with van der Waals surface area (Å²) in [6.07, 6.45) is -6.20. The summed E-state index contributed by atoms with van der Waals surface area (Å²) in [5.41, 5.74) is 9.26. The van der Waals surface area contributed by atoms with Crippen molar-refractivity contribution >= 4 is 40.9 Å². The lowest BCUT2D eigenvalue weighted by molar-refractivity contribution is -0.142. The van der Waals surface area contributed by atoms with Gasteiger partial charge in [-0.05, 0) is 72.8 Å². The van der Waals surface area contributed by atoms with Gasteiger partial charge in [-0.3, -0.25) is 33.8 Å². The molecule has 0 spiro atoms. The highest BCUT2D eigenvalue weighted by molar-refractivity contribution is 5.97. The van der Waals surface area contributed by atoms with E-state index in [4.69, 9.17) is 5.73 Å². The van der Waals surface area contributed by atoms with E-state index in [0.29, 0.717) is 60.3 Å². The molecule has 0 aliphatic carbocycles. The molecule has 4 aliphatic heterocycles. The van der Waals surface area contributed by atoms with Crippen LogP contribution in [-0.2, 0) is 4.79 Å². The molecule has 0 atom stereocenters. The van der Waals surface area contributed by atoms with Gasteiger partial charge < -0.3 is 30.7 Å². The third kappa shape index (κ3) is 11.2. The van der Waals surface area contributed by atoms with Gasteiger partial charge in [0.15, 0.2) is 0 Å².